The second-order valence-corrected chi connectivity index (χ2v) is 21.2. The van der Waals surface area contributed by atoms with Crippen molar-refractivity contribution in [2.45, 2.75) is 217 Å². The Morgan fingerprint density at radius 3 is 1.39 bits per heavy atom. The van der Waals surface area contributed by atoms with Gasteiger partial charge in [-0.05, 0) is 25.7 Å². The predicted octanol–water partition coefficient (Wildman–Crippen LogP) is 7.05. The van der Waals surface area contributed by atoms with E-state index in [9.17, 15) is 67.9 Å². The Morgan fingerprint density at radius 1 is 0.500 bits per heavy atom. The van der Waals surface area contributed by atoms with Gasteiger partial charge in [-0.1, -0.05) is 141 Å². The molecule has 0 aromatic heterocycles. The Morgan fingerprint density at radius 2 is 0.922 bits per heavy atom. The van der Waals surface area contributed by atoms with Crippen LogP contribution in [0.25, 0.3) is 0 Å². The van der Waals surface area contributed by atoms with Crippen LogP contribution in [0.1, 0.15) is 174 Å². The standard InChI is InChI=1S/C40H77O20P3S/c1-3-5-6-7-8-9-10-11-12-13-17-20-23-27-33(42)57-31(29-55-32(41)26-22-19-16-14-15-18-21-24-28-64-34(43)25-4-2)30-56-63(53,54)60-38-35(44)36(45)39(58-61(47,48)49)40(37(38)46)59-62(50,51)52/h31,35-40,44-46H,3-30H2,1-2H3,(H,53,54)(H2,47,48,49)(H2,50,51,52)/t31-,35-,36+,37?,38?,39?,40-/m1/s1. The van der Waals surface area contributed by atoms with Crippen molar-refractivity contribution < 1.29 is 95.4 Å². The van der Waals surface area contributed by atoms with Gasteiger partial charge in [-0.2, -0.15) is 0 Å². The zero-order valence-corrected chi connectivity index (χ0v) is 41.1. The lowest BCUT2D eigenvalue weighted by molar-refractivity contribution is -0.213. The zero-order valence-electron chi connectivity index (χ0n) is 37.6. The molecule has 0 bridgehead atoms. The maximum Gasteiger partial charge on any atom is 0.472 e. The first-order valence-corrected chi connectivity index (χ1v) is 28.4. The molecule has 4 unspecified atom stereocenters. The summed E-state index contributed by atoms with van der Waals surface area (Å²) >= 11 is 1.39. The van der Waals surface area contributed by atoms with Crippen molar-refractivity contribution >= 4 is 52.3 Å². The topological polar surface area (TPSA) is 320 Å². The molecule has 1 aliphatic rings. The molecule has 64 heavy (non-hydrogen) atoms. The number of unbranched alkanes of at least 4 members (excludes halogenated alkanes) is 19. The van der Waals surface area contributed by atoms with Crippen LogP contribution in [-0.4, -0.2) is 119 Å². The molecule has 8 atom stereocenters. The molecule has 8 N–H and O–H groups in total. The number of ether oxygens (including phenoxy) is 2. The lowest BCUT2D eigenvalue weighted by Crippen LogP contribution is -2.65. The number of aliphatic hydroxyl groups is 3. The Bertz CT molecular complexity index is 1430. The van der Waals surface area contributed by atoms with Crippen LogP contribution in [0.15, 0.2) is 0 Å². The number of hydrogen-bond acceptors (Lipinski definition) is 16. The van der Waals surface area contributed by atoms with Crippen molar-refractivity contribution in [3.05, 3.63) is 0 Å². The van der Waals surface area contributed by atoms with Gasteiger partial charge >= 0.3 is 35.4 Å². The van der Waals surface area contributed by atoms with Crippen LogP contribution in [0.5, 0.6) is 0 Å². The van der Waals surface area contributed by atoms with E-state index >= 15 is 0 Å². The van der Waals surface area contributed by atoms with E-state index in [1.54, 1.807) is 0 Å². The second kappa shape index (κ2) is 34.5. The van der Waals surface area contributed by atoms with E-state index in [4.69, 9.17) is 18.5 Å². The molecule has 0 radical (unpaired) electrons. The van der Waals surface area contributed by atoms with Gasteiger partial charge in [0.2, 0.25) is 0 Å². The molecule has 0 heterocycles. The quantitative estimate of drug-likeness (QED) is 0.0174. The van der Waals surface area contributed by atoms with Crippen molar-refractivity contribution in [1.29, 1.82) is 0 Å². The molecule has 0 saturated heterocycles. The summed E-state index contributed by atoms with van der Waals surface area (Å²) in [4.78, 5) is 84.6. The summed E-state index contributed by atoms with van der Waals surface area (Å²) in [6.07, 6.45) is 6.62. The second-order valence-electron chi connectivity index (χ2n) is 16.3. The number of aliphatic hydroxyl groups excluding tert-OH is 3. The molecule has 20 nitrogen and oxygen atoms in total. The Hall–Kier alpha value is -0.830. The highest BCUT2D eigenvalue weighted by atomic mass is 32.2. The van der Waals surface area contributed by atoms with Crippen molar-refractivity contribution in [3.8, 4) is 0 Å². The number of thioether (sulfide) groups is 1. The molecular formula is C40H77O20P3S. The van der Waals surface area contributed by atoms with Crippen LogP contribution in [0, 0.1) is 0 Å². The number of rotatable bonds is 39. The number of hydrogen-bond donors (Lipinski definition) is 8. The number of esters is 2. The predicted molar refractivity (Wildman–Crippen MR) is 238 cm³/mol. The SMILES string of the molecule is CCCCCCCCCCCCCCCC(=O)O[C@H](COC(=O)CCCCCCCCCCSC(=O)CCC)COP(=O)(O)OC1C(O)[C@@H](OP(=O)(O)O)C(OP(=O)(O)O)[C@@H](O)[C@H]1O. The molecule has 0 aromatic carbocycles. The van der Waals surface area contributed by atoms with E-state index in [0.29, 0.717) is 19.3 Å². The van der Waals surface area contributed by atoms with E-state index in [2.05, 4.69) is 16.0 Å². The van der Waals surface area contributed by atoms with Crippen LogP contribution in [0.4, 0.5) is 0 Å². The Kier molecular flexibility index (Phi) is 32.9. The van der Waals surface area contributed by atoms with Crippen LogP contribution in [0.2, 0.25) is 0 Å². The molecule has 378 valence electrons. The minimum absolute atomic E-state index is 0.00968. The minimum Gasteiger partial charge on any atom is -0.462 e. The first-order chi connectivity index (χ1) is 30.2. The van der Waals surface area contributed by atoms with Gasteiger partial charge in [-0.3, -0.25) is 32.5 Å². The van der Waals surface area contributed by atoms with Crippen molar-refractivity contribution in [1.82, 2.24) is 0 Å². The summed E-state index contributed by atoms with van der Waals surface area (Å²) in [6.45, 7) is 2.67. The normalized spacial score (nSPS) is 21.9. The molecule has 1 aliphatic carbocycles. The molecule has 24 heteroatoms. The summed E-state index contributed by atoms with van der Waals surface area (Å²) in [6, 6.07) is 0. The van der Waals surface area contributed by atoms with Gasteiger partial charge in [0, 0.05) is 25.0 Å². The first-order valence-electron chi connectivity index (χ1n) is 22.9. The fraction of sp³-hybridized carbons (Fsp3) is 0.925. The van der Waals surface area contributed by atoms with Crippen molar-refractivity contribution in [2.75, 3.05) is 19.0 Å². The average Bonchev–Trinajstić information content (AvgIpc) is 3.21. The highest BCUT2D eigenvalue weighted by Crippen LogP contribution is 2.51. The summed E-state index contributed by atoms with van der Waals surface area (Å²) in [5, 5.41) is 32.1. The van der Waals surface area contributed by atoms with E-state index in [-0.39, 0.29) is 18.0 Å². The van der Waals surface area contributed by atoms with Crippen molar-refractivity contribution in [3.63, 3.8) is 0 Å². The molecule has 0 spiro atoms. The van der Waals surface area contributed by atoms with Gasteiger partial charge < -0.3 is 49.3 Å². The molecule has 1 saturated carbocycles. The maximum atomic E-state index is 13.1. The number of phosphoric acid groups is 3. The minimum atomic E-state index is -5.60. The van der Waals surface area contributed by atoms with E-state index < -0.39 is 91.3 Å². The fourth-order valence-electron chi connectivity index (χ4n) is 7.01. The van der Waals surface area contributed by atoms with Gasteiger partial charge in [-0.25, -0.2) is 13.7 Å². The summed E-state index contributed by atoms with van der Waals surface area (Å²) in [7, 11) is -16.6. The highest BCUT2D eigenvalue weighted by Gasteiger charge is 2.56. The molecule has 1 fully saturated rings. The fourth-order valence-corrected chi connectivity index (χ4v) is 10.0. The van der Waals surface area contributed by atoms with Crippen LogP contribution in [0.3, 0.4) is 0 Å². The van der Waals surface area contributed by atoms with Crippen LogP contribution < -0.4 is 0 Å². The Labute approximate surface area is 382 Å². The first kappa shape index (κ1) is 61.2. The van der Waals surface area contributed by atoms with Gasteiger partial charge in [0.15, 0.2) is 11.2 Å². The molecule has 0 aliphatic heterocycles. The van der Waals surface area contributed by atoms with Crippen LogP contribution in [-0.2, 0) is 55.6 Å². The number of carbonyl (C=O) groups excluding carboxylic acids is 3. The monoisotopic (exact) mass is 1000 g/mol. The summed E-state index contributed by atoms with van der Waals surface area (Å²) in [5.41, 5.74) is 0. The van der Waals surface area contributed by atoms with Gasteiger partial charge in [-0.15, -0.1) is 0 Å². The average molecular weight is 1000 g/mol. The number of carbonyl (C=O) groups is 3. The third kappa shape index (κ3) is 30.5. The van der Waals surface area contributed by atoms with Gasteiger partial charge in [0.05, 0.1) is 6.61 Å². The van der Waals surface area contributed by atoms with Gasteiger partial charge in [0.25, 0.3) is 0 Å². The smallest absolute Gasteiger partial charge is 0.462 e. The van der Waals surface area contributed by atoms with E-state index in [0.717, 1.165) is 89.2 Å². The van der Waals surface area contributed by atoms with E-state index in [1.807, 2.05) is 6.92 Å². The molecule has 0 aromatic rings. The number of phosphoric ester groups is 3. The maximum absolute atomic E-state index is 13.1. The van der Waals surface area contributed by atoms with E-state index in [1.165, 1.54) is 56.7 Å². The third-order valence-corrected chi connectivity index (χ3v) is 13.5. The summed E-state index contributed by atoms with van der Waals surface area (Å²) < 4.78 is 65.3. The largest absolute Gasteiger partial charge is 0.472 e. The lowest BCUT2D eigenvalue weighted by Gasteiger charge is -2.44. The molecular weight excluding hydrogens is 925 g/mol. The molecule has 1 rings (SSSR count). The van der Waals surface area contributed by atoms with Crippen LogP contribution >= 0.6 is 35.2 Å². The third-order valence-electron chi connectivity index (χ3n) is 10.4. The lowest BCUT2D eigenvalue weighted by atomic mass is 9.85. The molecule has 0 amide bonds. The zero-order chi connectivity index (χ0) is 48.0. The van der Waals surface area contributed by atoms with Crippen molar-refractivity contribution in [2.24, 2.45) is 0 Å². The Balaban J connectivity index is 2.74. The van der Waals surface area contributed by atoms with Gasteiger partial charge in [0.1, 0.15) is 43.2 Å². The summed E-state index contributed by atoms with van der Waals surface area (Å²) in [5.74, 6) is -0.497. The highest BCUT2D eigenvalue weighted by molar-refractivity contribution is 8.13.